The van der Waals surface area contributed by atoms with E-state index >= 15 is 0 Å². The minimum Gasteiger partial charge on any atom is -0.760 e. The van der Waals surface area contributed by atoms with Crippen LogP contribution in [-0.2, 0) is 20.8 Å². The summed E-state index contributed by atoms with van der Waals surface area (Å²) in [5, 5.41) is 0. The van der Waals surface area contributed by atoms with E-state index < -0.39 is 35.6 Å². The molecule has 0 saturated carbocycles. The van der Waals surface area contributed by atoms with Crippen LogP contribution >= 0.6 is 0 Å². The van der Waals surface area contributed by atoms with Crippen molar-refractivity contribution in [3.05, 3.63) is 12.2 Å². The minimum absolute atomic E-state index is 0. The Hall–Kier alpha value is -1.93. The van der Waals surface area contributed by atoms with Crippen molar-refractivity contribution < 1.29 is 31.5 Å². The maximum absolute atomic E-state index is 11.9. The quantitative estimate of drug-likeness (QED) is 0.295. The van der Waals surface area contributed by atoms with Crippen molar-refractivity contribution in [1.29, 1.82) is 0 Å². The number of hydrogen-bond acceptors (Lipinski definition) is 4. The molecule has 1 atom stereocenters. The molecule has 0 radical (unpaired) electrons. The molecule has 1 unspecified atom stereocenters. The van der Waals surface area contributed by atoms with Gasteiger partial charge >= 0.3 is 12.1 Å². The van der Waals surface area contributed by atoms with Gasteiger partial charge < -0.3 is 9.29 Å². The molecule has 0 heterocycles. The van der Waals surface area contributed by atoms with E-state index in [9.17, 15) is 26.7 Å². The second-order valence-electron chi connectivity index (χ2n) is 2.68. The van der Waals surface area contributed by atoms with E-state index in [0.29, 0.717) is 0 Å². The van der Waals surface area contributed by atoms with E-state index in [-0.39, 0.29) is 6.54 Å². The molecule has 96 valence electrons. The van der Waals surface area contributed by atoms with Gasteiger partial charge in [0.2, 0.25) is 0 Å². The molecule has 0 bridgehead atoms. The molecule has 0 aromatic rings. The average molecular weight is 527 g/mol. The molecule has 0 aliphatic heterocycles. The first-order valence-electron chi connectivity index (χ1n) is 3.90. The first kappa shape index (κ1) is 17.5. The van der Waals surface area contributed by atoms with Crippen molar-refractivity contribution in [3.63, 3.8) is 0 Å². The molecule has 5 nitrogen and oxygen atoms in total. The SMILES string of the molecule is C=C(C(=O)OCCN(C)S(=O)[O-])C(F)(F)F.[Rf]. The maximum Gasteiger partial charge on any atom is 0.422 e. The number of carbonyl (C=O) groups excluding carboxylic acids is 1. The van der Waals surface area contributed by atoms with E-state index in [1.165, 1.54) is 7.05 Å². The first-order valence-corrected chi connectivity index (χ1v) is 4.93. The first-order chi connectivity index (χ1) is 7.16. The number of alkyl halides is 3. The zero-order chi connectivity index (χ0) is 12.9. The van der Waals surface area contributed by atoms with Crippen LogP contribution in [0.25, 0.3) is 0 Å². The third-order valence-electron chi connectivity index (χ3n) is 1.48. The number of carbonyl (C=O) groups is 1. The van der Waals surface area contributed by atoms with Gasteiger partial charge in [-0.3, -0.25) is 4.21 Å². The van der Waals surface area contributed by atoms with Crippen LogP contribution in [-0.4, -0.2) is 45.4 Å². The molecular weight excluding hydrogens is 518 g/mol. The summed E-state index contributed by atoms with van der Waals surface area (Å²) in [7, 11) is 1.18. The Morgan fingerprint density at radius 2 is 2.00 bits per heavy atom. The van der Waals surface area contributed by atoms with Gasteiger partial charge in [0.05, 0.1) is 0 Å². The molecule has 0 aromatic carbocycles. The number of esters is 1. The zero-order valence-corrected chi connectivity index (χ0v) is 16.2. The number of likely N-dealkylation sites (N-methyl/N-ethyl adjacent to an activating group) is 1. The molecular formula is C7H9F3NO4RfS-. The van der Waals surface area contributed by atoms with Crippen LogP contribution in [0.2, 0.25) is 0 Å². The smallest absolute Gasteiger partial charge is 0.422 e. The Kier molecular flexibility index (Phi) is 6.79. The van der Waals surface area contributed by atoms with Crippen molar-refractivity contribution in [2.24, 2.45) is 0 Å². The fourth-order valence-corrected chi connectivity index (χ4v) is 0.768. The molecule has 0 amide bonds. The Morgan fingerprint density at radius 3 is 2.35 bits per heavy atom. The summed E-state index contributed by atoms with van der Waals surface area (Å²) in [6, 6.07) is 0. The molecule has 17 heavy (non-hydrogen) atoms. The molecule has 0 aliphatic carbocycles. The normalized spacial score (nSPS) is 12.8. The summed E-state index contributed by atoms with van der Waals surface area (Å²) in [6.45, 7) is 1.82. The van der Waals surface area contributed by atoms with Crippen molar-refractivity contribution in [2.45, 2.75) is 6.18 Å². The van der Waals surface area contributed by atoms with Gasteiger partial charge in [-0.2, -0.15) is 13.2 Å². The van der Waals surface area contributed by atoms with Gasteiger partial charge in [0.25, 0.3) is 0 Å². The van der Waals surface area contributed by atoms with Crippen molar-refractivity contribution in [1.82, 2.24) is 4.31 Å². The third kappa shape index (κ3) is 6.28. The van der Waals surface area contributed by atoms with E-state index in [0.717, 1.165) is 4.31 Å². The van der Waals surface area contributed by atoms with E-state index in [2.05, 4.69) is 11.3 Å². The van der Waals surface area contributed by atoms with Crippen LogP contribution in [0.3, 0.4) is 0 Å². The summed E-state index contributed by atoms with van der Waals surface area (Å²) in [5.41, 5.74) is -1.63. The topological polar surface area (TPSA) is 69.7 Å². The van der Waals surface area contributed by atoms with Gasteiger partial charge in [0.15, 0.2) is 0 Å². The van der Waals surface area contributed by atoms with Crippen LogP contribution in [0.1, 0.15) is 0 Å². The average Bonchev–Trinajstić information content (AvgIpc) is 2.14. The van der Waals surface area contributed by atoms with Gasteiger partial charge in [-0.25, -0.2) is 9.10 Å². The summed E-state index contributed by atoms with van der Waals surface area (Å²) in [6.07, 6.45) is -4.84. The summed E-state index contributed by atoms with van der Waals surface area (Å²) < 4.78 is 61.2. The Bertz CT molecular complexity index is 310. The Labute approximate surface area is 92.3 Å². The van der Waals surface area contributed by atoms with Crippen LogP contribution in [0, 0.1) is 0 Å². The fourth-order valence-electron chi connectivity index (χ4n) is 0.544. The van der Waals surface area contributed by atoms with Gasteiger partial charge in [0.1, 0.15) is 12.2 Å². The van der Waals surface area contributed by atoms with Crippen molar-refractivity contribution >= 4 is 17.2 Å². The van der Waals surface area contributed by atoms with Crippen molar-refractivity contribution in [2.75, 3.05) is 20.2 Å². The molecule has 0 fully saturated rings. The number of hydrogen-bond donors (Lipinski definition) is 0. The van der Waals surface area contributed by atoms with Crippen LogP contribution in [0.4, 0.5) is 13.2 Å². The van der Waals surface area contributed by atoms with Crippen LogP contribution in [0.5, 0.6) is 0 Å². The van der Waals surface area contributed by atoms with Crippen molar-refractivity contribution in [3.8, 4) is 0 Å². The van der Waals surface area contributed by atoms with E-state index in [4.69, 9.17) is 0 Å². The van der Waals surface area contributed by atoms with Gasteiger partial charge in [0, 0.05) is 17.8 Å². The molecule has 0 aromatic heterocycles. The van der Waals surface area contributed by atoms with Crippen LogP contribution in [0.15, 0.2) is 12.2 Å². The van der Waals surface area contributed by atoms with Gasteiger partial charge in [-0.05, 0) is 7.05 Å². The minimum atomic E-state index is -4.84. The monoisotopic (exact) mass is 527 g/mol. The molecule has 0 N–H and O–H groups in total. The van der Waals surface area contributed by atoms with E-state index in [1.54, 1.807) is 0 Å². The van der Waals surface area contributed by atoms with E-state index in [1.807, 2.05) is 0 Å². The predicted octanol–water partition coefficient (Wildman–Crippen LogP) is 0.374. The fraction of sp³-hybridized carbons (Fsp3) is 0.571. The number of rotatable bonds is 5. The third-order valence-corrected chi connectivity index (χ3v) is 2.17. The Morgan fingerprint density at radius 1 is 1.53 bits per heavy atom. The molecule has 0 aliphatic rings. The van der Waals surface area contributed by atoms with Crippen LogP contribution < -0.4 is 0 Å². The maximum atomic E-state index is 11.9. The summed E-state index contributed by atoms with van der Waals surface area (Å²) in [5.74, 6) is -1.61. The second-order valence-corrected chi connectivity index (χ2v) is 3.74. The standard InChI is InChI=1S/C7H10F3NO4S.Rf/c1-5(7(8,9)10)6(12)15-4-3-11(2)16(13)14;/h1,3-4H2,2H3,(H,13,14);/p-1. The molecule has 0 rings (SSSR count). The molecule has 0 saturated heterocycles. The second kappa shape index (κ2) is 6.61. The number of halogens is 3. The van der Waals surface area contributed by atoms with Gasteiger partial charge in [-0.1, -0.05) is 6.58 Å². The molecule has 10 heteroatoms. The molecule has 0 spiro atoms. The number of nitrogens with zero attached hydrogens (tertiary/aromatic N) is 1. The summed E-state index contributed by atoms with van der Waals surface area (Å²) in [4.78, 5) is 10.7. The predicted molar refractivity (Wildman–Crippen MR) is 47.7 cm³/mol. The number of ether oxygens (including phenoxy) is 1. The summed E-state index contributed by atoms with van der Waals surface area (Å²) >= 11 is -2.51. The van der Waals surface area contributed by atoms with Gasteiger partial charge in [-0.15, -0.1) is 0 Å². The largest absolute Gasteiger partial charge is 0.760 e. The zero-order valence-electron chi connectivity index (χ0n) is 8.95. The Balaban J connectivity index is 0.